The van der Waals surface area contributed by atoms with Crippen molar-refractivity contribution in [2.75, 3.05) is 27.4 Å². The highest BCUT2D eigenvalue weighted by molar-refractivity contribution is 5.92. The SMILES string of the molecule is COCC(COC)OC(=O)/C=C\C(=O)Oc1ccccc1. The number of esters is 2. The molecule has 0 N–H and O–H groups in total. The number of carbonyl (C=O) groups is 2. The molecule has 0 bridgehead atoms. The third-order valence-electron chi connectivity index (χ3n) is 2.31. The summed E-state index contributed by atoms with van der Waals surface area (Å²) in [6.45, 7) is 0.420. The minimum Gasteiger partial charge on any atom is -0.454 e. The maximum Gasteiger partial charge on any atom is 0.336 e. The molecule has 0 spiro atoms. The van der Waals surface area contributed by atoms with E-state index in [1.54, 1.807) is 30.3 Å². The van der Waals surface area contributed by atoms with E-state index in [2.05, 4.69) is 0 Å². The smallest absolute Gasteiger partial charge is 0.336 e. The van der Waals surface area contributed by atoms with Crippen LogP contribution in [0.2, 0.25) is 0 Å². The van der Waals surface area contributed by atoms with Gasteiger partial charge < -0.3 is 18.9 Å². The van der Waals surface area contributed by atoms with Gasteiger partial charge in [0.25, 0.3) is 0 Å². The van der Waals surface area contributed by atoms with E-state index in [-0.39, 0.29) is 13.2 Å². The molecule has 0 fully saturated rings. The van der Waals surface area contributed by atoms with Crippen LogP contribution in [0.15, 0.2) is 42.5 Å². The van der Waals surface area contributed by atoms with E-state index in [0.29, 0.717) is 5.75 Å². The minimum absolute atomic E-state index is 0.210. The van der Waals surface area contributed by atoms with Crippen LogP contribution in [0.3, 0.4) is 0 Å². The first kappa shape index (κ1) is 16.9. The highest BCUT2D eigenvalue weighted by atomic mass is 16.6. The van der Waals surface area contributed by atoms with Crippen molar-refractivity contribution in [1.82, 2.24) is 0 Å². The lowest BCUT2D eigenvalue weighted by atomic mass is 10.3. The Balaban J connectivity index is 2.43. The third-order valence-corrected chi connectivity index (χ3v) is 2.31. The number of hydrogen-bond acceptors (Lipinski definition) is 6. The first-order chi connectivity index (χ1) is 10.2. The molecule has 0 atom stereocenters. The Labute approximate surface area is 123 Å². The Bertz CT molecular complexity index is 462. The average molecular weight is 294 g/mol. The number of ether oxygens (including phenoxy) is 4. The molecule has 0 saturated heterocycles. The van der Waals surface area contributed by atoms with Gasteiger partial charge in [-0.05, 0) is 12.1 Å². The molecule has 0 aliphatic carbocycles. The second kappa shape index (κ2) is 9.68. The Morgan fingerprint density at radius 3 is 2.14 bits per heavy atom. The molecule has 6 nitrogen and oxygen atoms in total. The van der Waals surface area contributed by atoms with Crippen LogP contribution < -0.4 is 4.74 Å². The summed E-state index contributed by atoms with van der Waals surface area (Å²) < 4.78 is 19.8. The maximum atomic E-state index is 11.5. The highest BCUT2D eigenvalue weighted by Gasteiger charge is 2.12. The molecule has 21 heavy (non-hydrogen) atoms. The predicted octanol–water partition coefficient (Wildman–Crippen LogP) is 1.35. The second-order valence-electron chi connectivity index (χ2n) is 4.04. The van der Waals surface area contributed by atoms with Crippen molar-refractivity contribution in [2.24, 2.45) is 0 Å². The first-order valence-corrected chi connectivity index (χ1v) is 6.29. The van der Waals surface area contributed by atoms with Gasteiger partial charge in [0.05, 0.1) is 13.2 Å². The number of para-hydroxylation sites is 1. The number of carbonyl (C=O) groups excluding carboxylic acids is 2. The van der Waals surface area contributed by atoms with Gasteiger partial charge in [-0.3, -0.25) is 0 Å². The van der Waals surface area contributed by atoms with Crippen molar-refractivity contribution in [1.29, 1.82) is 0 Å². The molecule has 1 aromatic carbocycles. The number of methoxy groups -OCH3 is 2. The van der Waals surface area contributed by atoms with Crippen molar-refractivity contribution in [3.8, 4) is 5.75 Å². The van der Waals surface area contributed by atoms with Crippen LogP contribution in [0.25, 0.3) is 0 Å². The molecule has 0 unspecified atom stereocenters. The molecule has 0 aromatic heterocycles. The molecule has 1 rings (SSSR count). The van der Waals surface area contributed by atoms with E-state index >= 15 is 0 Å². The Morgan fingerprint density at radius 1 is 1.00 bits per heavy atom. The van der Waals surface area contributed by atoms with Crippen LogP contribution in [-0.2, 0) is 23.8 Å². The van der Waals surface area contributed by atoms with Crippen molar-refractivity contribution in [2.45, 2.75) is 6.10 Å². The van der Waals surface area contributed by atoms with E-state index in [4.69, 9.17) is 18.9 Å². The van der Waals surface area contributed by atoms with Crippen molar-refractivity contribution in [3.63, 3.8) is 0 Å². The first-order valence-electron chi connectivity index (χ1n) is 6.29. The van der Waals surface area contributed by atoms with Gasteiger partial charge in [0, 0.05) is 26.4 Å². The molecule has 1 aromatic rings. The summed E-state index contributed by atoms with van der Waals surface area (Å²) in [6.07, 6.45) is 1.48. The van der Waals surface area contributed by atoms with Crippen molar-refractivity contribution in [3.05, 3.63) is 42.5 Å². The predicted molar refractivity (Wildman–Crippen MR) is 74.8 cm³/mol. The second-order valence-corrected chi connectivity index (χ2v) is 4.04. The third kappa shape index (κ3) is 7.24. The lowest BCUT2D eigenvalue weighted by molar-refractivity contribution is -0.148. The lowest BCUT2D eigenvalue weighted by Crippen LogP contribution is -2.27. The zero-order valence-electron chi connectivity index (χ0n) is 12.0. The summed E-state index contributed by atoms with van der Waals surface area (Å²) in [7, 11) is 2.98. The van der Waals surface area contributed by atoms with Gasteiger partial charge in [-0.15, -0.1) is 0 Å². The quantitative estimate of drug-likeness (QED) is 0.409. The molecule has 0 amide bonds. The molecule has 0 aliphatic heterocycles. The highest BCUT2D eigenvalue weighted by Crippen LogP contribution is 2.08. The van der Waals surface area contributed by atoms with E-state index in [0.717, 1.165) is 12.2 Å². The summed E-state index contributed by atoms with van der Waals surface area (Å²) >= 11 is 0. The van der Waals surface area contributed by atoms with Gasteiger partial charge in [-0.25, -0.2) is 9.59 Å². The van der Waals surface area contributed by atoms with E-state index in [1.165, 1.54) is 14.2 Å². The van der Waals surface area contributed by atoms with Crippen LogP contribution in [-0.4, -0.2) is 45.5 Å². The fraction of sp³-hybridized carbons (Fsp3) is 0.333. The van der Waals surface area contributed by atoms with Gasteiger partial charge >= 0.3 is 11.9 Å². The van der Waals surface area contributed by atoms with E-state index in [9.17, 15) is 9.59 Å². The topological polar surface area (TPSA) is 71.1 Å². The molecule has 6 heteroatoms. The maximum absolute atomic E-state index is 11.5. The minimum atomic E-state index is -0.667. The summed E-state index contributed by atoms with van der Waals surface area (Å²) in [6, 6.07) is 8.55. The Morgan fingerprint density at radius 2 is 1.57 bits per heavy atom. The van der Waals surface area contributed by atoms with E-state index < -0.39 is 18.0 Å². The summed E-state index contributed by atoms with van der Waals surface area (Å²) in [4.78, 5) is 23.0. The largest absolute Gasteiger partial charge is 0.454 e. The standard InChI is InChI=1S/C15H18O6/c1-18-10-13(11-19-2)21-15(17)9-8-14(16)20-12-6-4-3-5-7-12/h3-9,13H,10-11H2,1-2H3/b9-8-. The fourth-order valence-electron chi connectivity index (χ4n) is 1.47. The normalized spacial score (nSPS) is 10.8. The zero-order chi connectivity index (χ0) is 15.5. The zero-order valence-corrected chi connectivity index (χ0v) is 12.0. The number of benzene rings is 1. The molecule has 114 valence electrons. The molecular weight excluding hydrogens is 276 g/mol. The molecular formula is C15H18O6. The van der Waals surface area contributed by atoms with E-state index in [1.807, 2.05) is 0 Å². The summed E-state index contributed by atoms with van der Waals surface area (Å²) in [5.74, 6) is -0.926. The molecule has 0 radical (unpaired) electrons. The lowest BCUT2D eigenvalue weighted by Gasteiger charge is -2.14. The number of rotatable bonds is 8. The van der Waals surface area contributed by atoms with Gasteiger partial charge in [0.15, 0.2) is 0 Å². The van der Waals surface area contributed by atoms with Gasteiger partial charge in [-0.2, -0.15) is 0 Å². The number of hydrogen-bond donors (Lipinski definition) is 0. The summed E-state index contributed by atoms with van der Waals surface area (Å²) in [5, 5.41) is 0. The van der Waals surface area contributed by atoms with Gasteiger partial charge in [-0.1, -0.05) is 18.2 Å². The Hall–Kier alpha value is -2.18. The van der Waals surface area contributed by atoms with Gasteiger partial charge in [0.1, 0.15) is 11.9 Å². The van der Waals surface area contributed by atoms with Crippen LogP contribution in [0.5, 0.6) is 5.75 Å². The average Bonchev–Trinajstić information content (AvgIpc) is 2.47. The summed E-state index contributed by atoms with van der Waals surface area (Å²) in [5.41, 5.74) is 0. The molecule has 0 aliphatic rings. The van der Waals surface area contributed by atoms with Crippen LogP contribution in [0, 0.1) is 0 Å². The van der Waals surface area contributed by atoms with Crippen molar-refractivity contribution < 1.29 is 28.5 Å². The monoisotopic (exact) mass is 294 g/mol. The van der Waals surface area contributed by atoms with Crippen LogP contribution in [0.1, 0.15) is 0 Å². The molecule has 0 saturated carbocycles. The van der Waals surface area contributed by atoms with Crippen molar-refractivity contribution >= 4 is 11.9 Å². The Kier molecular flexibility index (Phi) is 7.78. The molecule has 0 heterocycles. The fourth-order valence-corrected chi connectivity index (χ4v) is 1.47. The van der Waals surface area contributed by atoms with Crippen LogP contribution in [0.4, 0.5) is 0 Å². The van der Waals surface area contributed by atoms with Gasteiger partial charge in [0.2, 0.25) is 0 Å². The van der Waals surface area contributed by atoms with Crippen LogP contribution >= 0.6 is 0 Å².